The lowest BCUT2D eigenvalue weighted by Gasteiger charge is -2.35. The van der Waals surface area contributed by atoms with E-state index < -0.39 is 10.0 Å². The van der Waals surface area contributed by atoms with Crippen LogP contribution in [0.1, 0.15) is 30.1 Å². The molecule has 10 heteroatoms. The molecule has 30 heavy (non-hydrogen) atoms. The molecule has 0 radical (unpaired) electrons. The average molecular weight is 436 g/mol. The van der Waals surface area contributed by atoms with Crippen LogP contribution >= 0.6 is 0 Å². The average Bonchev–Trinajstić information content (AvgIpc) is 3.42. The number of rotatable bonds is 5. The lowest BCUT2D eigenvalue weighted by Crippen LogP contribution is -2.49. The van der Waals surface area contributed by atoms with E-state index in [0.29, 0.717) is 51.4 Å². The monoisotopic (exact) mass is 435 g/mol. The highest BCUT2D eigenvalue weighted by Gasteiger charge is 2.38. The second kappa shape index (κ2) is 8.75. The largest absolute Gasteiger partial charge is 0.465 e. The Morgan fingerprint density at radius 2 is 2.03 bits per heavy atom. The van der Waals surface area contributed by atoms with E-state index in [1.165, 1.54) is 16.6 Å². The van der Waals surface area contributed by atoms with Gasteiger partial charge in [0.25, 0.3) is 0 Å². The molecule has 2 aromatic rings. The third-order valence-corrected chi connectivity index (χ3v) is 7.45. The van der Waals surface area contributed by atoms with Gasteiger partial charge in [-0.1, -0.05) is 5.16 Å². The van der Waals surface area contributed by atoms with E-state index in [1.807, 2.05) is 0 Å². The standard InChI is InChI=1S/C20H25N3O6S/c1-15-19(18(29-21-15)7-6-17-5-3-11-28-17)30(25,26)23-8-2-4-16(14-23)20(24)22-9-12-27-13-10-22/h3,5-7,11,16H,2,4,8-10,12-14H2,1H3/b7-6+. The Labute approximate surface area is 175 Å². The topological polar surface area (TPSA) is 106 Å². The lowest BCUT2D eigenvalue weighted by molar-refractivity contribution is -0.140. The summed E-state index contributed by atoms with van der Waals surface area (Å²) in [6.07, 6.45) is 5.99. The molecule has 2 aliphatic heterocycles. The number of carbonyl (C=O) groups excluding carboxylic acids is 1. The number of amides is 1. The summed E-state index contributed by atoms with van der Waals surface area (Å²) in [6, 6.07) is 3.49. The third kappa shape index (κ3) is 4.21. The minimum atomic E-state index is -3.87. The molecule has 2 aromatic heterocycles. The fourth-order valence-corrected chi connectivity index (χ4v) is 5.65. The molecule has 4 rings (SSSR count). The van der Waals surface area contributed by atoms with Gasteiger partial charge in [0.2, 0.25) is 15.9 Å². The minimum Gasteiger partial charge on any atom is -0.465 e. The Morgan fingerprint density at radius 1 is 1.23 bits per heavy atom. The van der Waals surface area contributed by atoms with Crippen molar-refractivity contribution in [2.45, 2.75) is 24.7 Å². The van der Waals surface area contributed by atoms with E-state index in [-0.39, 0.29) is 34.7 Å². The summed E-state index contributed by atoms with van der Waals surface area (Å²) < 4.78 is 44.0. The molecule has 2 saturated heterocycles. The van der Waals surface area contributed by atoms with Crippen molar-refractivity contribution in [3.8, 4) is 0 Å². The first-order valence-electron chi connectivity index (χ1n) is 10.0. The van der Waals surface area contributed by atoms with E-state index in [9.17, 15) is 13.2 Å². The van der Waals surface area contributed by atoms with Crippen LogP contribution in [0.3, 0.4) is 0 Å². The van der Waals surface area contributed by atoms with E-state index >= 15 is 0 Å². The van der Waals surface area contributed by atoms with Crippen LogP contribution in [0.25, 0.3) is 12.2 Å². The number of sulfonamides is 1. The maximum atomic E-state index is 13.4. The third-order valence-electron chi connectivity index (χ3n) is 5.43. The van der Waals surface area contributed by atoms with Crippen molar-refractivity contribution < 1.29 is 26.9 Å². The van der Waals surface area contributed by atoms with E-state index in [2.05, 4.69) is 5.16 Å². The number of hydrogen-bond acceptors (Lipinski definition) is 7. The fourth-order valence-electron chi connectivity index (χ4n) is 3.88. The Hall–Kier alpha value is -2.43. The molecule has 1 atom stereocenters. The van der Waals surface area contributed by atoms with Crippen molar-refractivity contribution in [2.24, 2.45) is 5.92 Å². The predicted octanol–water partition coefficient (Wildman–Crippen LogP) is 2.01. The molecule has 2 aliphatic rings. The highest BCUT2D eigenvalue weighted by molar-refractivity contribution is 7.89. The molecule has 2 fully saturated rings. The van der Waals surface area contributed by atoms with Crippen LogP contribution in [-0.2, 0) is 19.6 Å². The number of nitrogens with zero attached hydrogens (tertiary/aromatic N) is 3. The van der Waals surface area contributed by atoms with Crippen LogP contribution in [0.2, 0.25) is 0 Å². The van der Waals surface area contributed by atoms with Gasteiger partial charge in [-0.3, -0.25) is 4.79 Å². The zero-order chi connectivity index (χ0) is 21.1. The van der Waals surface area contributed by atoms with Gasteiger partial charge in [-0.15, -0.1) is 0 Å². The van der Waals surface area contributed by atoms with Gasteiger partial charge in [-0.25, -0.2) is 8.42 Å². The minimum absolute atomic E-state index is 0.00169. The summed E-state index contributed by atoms with van der Waals surface area (Å²) in [6.45, 7) is 4.26. The number of ether oxygens (including phenoxy) is 1. The molecule has 0 aromatic carbocycles. The van der Waals surface area contributed by atoms with Gasteiger partial charge in [0.1, 0.15) is 11.5 Å². The van der Waals surface area contributed by atoms with E-state index in [1.54, 1.807) is 30.0 Å². The van der Waals surface area contributed by atoms with Crippen LogP contribution in [0.5, 0.6) is 0 Å². The Balaban J connectivity index is 1.54. The van der Waals surface area contributed by atoms with Gasteiger partial charge in [0.05, 0.1) is 25.4 Å². The van der Waals surface area contributed by atoms with Crippen molar-refractivity contribution in [3.63, 3.8) is 0 Å². The first-order chi connectivity index (χ1) is 14.5. The number of hydrogen-bond donors (Lipinski definition) is 0. The smallest absolute Gasteiger partial charge is 0.248 e. The van der Waals surface area contributed by atoms with Gasteiger partial charge in [0.15, 0.2) is 10.7 Å². The Kier molecular flexibility index (Phi) is 6.07. The Morgan fingerprint density at radius 3 is 2.77 bits per heavy atom. The van der Waals surface area contributed by atoms with E-state index in [4.69, 9.17) is 13.7 Å². The predicted molar refractivity (Wildman–Crippen MR) is 108 cm³/mol. The SMILES string of the molecule is Cc1noc(/C=C/c2ccco2)c1S(=O)(=O)N1CCCC(C(=O)N2CCOCC2)C1. The van der Waals surface area contributed by atoms with Gasteiger partial charge >= 0.3 is 0 Å². The lowest BCUT2D eigenvalue weighted by atomic mass is 9.98. The molecule has 9 nitrogen and oxygen atoms in total. The summed E-state index contributed by atoms with van der Waals surface area (Å²) in [5.41, 5.74) is 0.288. The highest BCUT2D eigenvalue weighted by atomic mass is 32.2. The maximum absolute atomic E-state index is 13.4. The number of aryl methyl sites for hydroxylation is 1. The first kappa shape index (κ1) is 20.8. The molecule has 0 bridgehead atoms. The number of morpholine rings is 1. The fraction of sp³-hybridized carbons (Fsp3) is 0.500. The molecular weight excluding hydrogens is 410 g/mol. The summed E-state index contributed by atoms with van der Waals surface area (Å²) in [5, 5.41) is 3.85. The van der Waals surface area contributed by atoms with Crippen LogP contribution in [0.4, 0.5) is 0 Å². The normalized spacial score (nSPS) is 21.4. The van der Waals surface area contributed by atoms with Crippen molar-refractivity contribution in [2.75, 3.05) is 39.4 Å². The van der Waals surface area contributed by atoms with Gasteiger partial charge in [-0.2, -0.15) is 4.31 Å². The number of aromatic nitrogens is 1. The molecular formula is C20H25N3O6S. The van der Waals surface area contributed by atoms with Crippen molar-refractivity contribution in [1.82, 2.24) is 14.4 Å². The van der Waals surface area contributed by atoms with Gasteiger partial charge in [-0.05, 0) is 44.1 Å². The zero-order valence-electron chi connectivity index (χ0n) is 16.8. The zero-order valence-corrected chi connectivity index (χ0v) is 17.6. The number of carbonyl (C=O) groups is 1. The Bertz CT molecular complexity index is 1010. The molecule has 0 spiro atoms. The quantitative estimate of drug-likeness (QED) is 0.707. The van der Waals surface area contributed by atoms with Crippen LogP contribution in [-0.4, -0.2) is 68.1 Å². The maximum Gasteiger partial charge on any atom is 0.248 e. The summed E-state index contributed by atoms with van der Waals surface area (Å²) in [4.78, 5) is 14.7. The first-order valence-corrected chi connectivity index (χ1v) is 11.5. The second-order valence-corrected chi connectivity index (χ2v) is 9.32. The second-order valence-electron chi connectivity index (χ2n) is 7.45. The number of piperidine rings is 1. The highest BCUT2D eigenvalue weighted by Crippen LogP contribution is 2.30. The van der Waals surface area contributed by atoms with E-state index in [0.717, 1.165) is 0 Å². The van der Waals surface area contributed by atoms with Gasteiger partial charge < -0.3 is 18.6 Å². The van der Waals surface area contributed by atoms with Crippen LogP contribution in [0.15, 0.2) is 32.2 Å². The molecule has 0 saturated carbocycles. The summed E-state index contributed by atoms with van der Waals surface area (Å²) in [5.74, 6) is 0.360. The summed E-state index contributed by atoms with van der Waals surface area (Å²) in [7, 11) is -3.87. The molecule has 162 valence electrons. The molecule has 4 heterocycles. The summed E-state index contributed by atoms with van der Waals surface area (Å²) >= 11 is 0. The molecule has 1 unspecified atom stereocenters. The molecule has 0 N–H and O–H groups in total. The van der Waals surface area contributed by atoms with Crippen LogP contribution in [0, 0.1) is 12.8 Å². The van der Waals surface area contributed by atoms with Crippen molar-refractivity contribution in [1.29, 1.82) is 0 Å². The van der Waals surface area contributed by atoms with Gasteiger partial charge in [0, 0.05) is 26.2 Å². The number of furan rings is 1. The van der Waals surface area contributed by atoms with Crippen molar-refractivity contribution >= 4 is 28.1 Å². The van der Waals surface area contributed by atoms with Crippen molar-refractivity contribution in [3.05, 3.63) is 35.6 Å². The van der Waals surface area contributed by atoms with Crippen LogP contribution < -0.4 is 0 Å². The molecule has 1 amide bonds. The molecule has 0 aliphatic carbocycles.